The highest BCUT2D eigenvalue weighted by atomic mass is 35.5. The van der Waals surface area contributed by atoms with Crippen molar-refractivity contribution >= 4 is 12.4 Å². The Morgan fingerprint density at radius 3 is 2.52 bits per heavy atom. The molecule has 0 aromatic heterocycles. The molecule has 1 atom stereocenters. The summed E-state index contributed by atoms with van der Waals surface area (Å²) in [5.74, 6) is 0.944. The lowest BCUT2D eigenvalue weighted by Crippen LogP contribution is -2.45. The number of aliphatic hydroxyl groups is 1. The molecule has 1 aliphatic rings. The second-order valence-electron chi connectivity index (χ2n) is 5.52. The van der Waals surface area contributed by atoms with Crippen LogP contribution in [0, 0.1) is 0 Å². The quantitative estimate of drug-likeness (QED) is 0.845. The van der Waals surface area contributed by atoms with Crippen LogP contribution in [0.15, 0.2) is 24.3 Å². The van der Waals surface area contributed by atoms with Crippen molar-refractivity contribution in [3.63, 3.8) is 0 Å². The van der Waals surface area contributed by atoms with Gasteiger partial charge in [0.2, 0.25) is 0 Å². The maximum absolute atomic E-state index is 9.42. The minimum atomic E-state index is 0. The number of aliphatic hydroxyl groups excluding tert-OH is 1. The normalized spacial score (nSPS) is 17.3. The highest BCUT2D eigenvalue weighted by Gasteiger charge is 2.24. The van der Waals surface area contributed by atoms with Crippen LogP contribution in [0.5, 0.6) is 5.75 Å². The molecule has 4 nitrogen and oxygen atoms in total. The van der Waals surface area contributed by atoms with Crippen molar-refractivity contribution in [1.29, 1.82) is 0 Å². The number of rotatable bonds is 6. The van der Waals surface area contributed by atoms with Crippen molar-refractivity contribution in [2.45, 2.75) is 32.4 Å². The monoisotopic (exact) mass is 314 g/mol. The molecule has 21 heavy (non-hydrogen) atoms. The molecule has 2 N–H and O–H groups in total. The Hall–Kier alpha value is -0.810. The summed E-state index contributed by atoms with van der Waals surface area (Å²) >= 11 is 0. The first-order valence-electron chi connectivity index (χ1n) is 7.53. The van der Waals surface area contributed by atoms with Gasteiger partial charge in [-0.05, 0) is 26.3 Å². The van der Waals surface area contributed by atoms with Crippen LogP contribution in [-0.2, 0) is 0 Å². The zero-order valence-electron chi connectivity index (χ0n) is 12.9. The number of nitrogens with one attached hydrogen (secondary N) is 1. The van der Waals surface area contributed by atoms with Crippen LogP contribution in [0.4, 0.5) is 0 Å². The minimum Gasteiger partial charge on any atom is -0.491 e. The molecule has 5 heteroatoms. The lowest BCUT2D eigenvalue weighted by molar-refractivity contribution is 0.136. The van der Waals surface area contributed by atoms with Gasteiger partial charge in [0.1, 0.15) is 5.75 Å². The molecule has 0 saturated carbocycles. The van der Waals surface area contributed by atoms with Gasteiger partial charge in [-0.2, -0.15) is 0 Å². The van der Waals surface area contributed by atoms with E-state index in [1.165, 1.54) is 5.56 Å². The van der Waals surface area contributed by atoms with E-state index in [0.29, 0.717) is 0 Å². The van der Waals surface area contributed by atoms with Crippen LogP contribution >= 0.6 is 12.4 Å². The molecular weight excluding hydrogens is 288 g/mol. The van der Waals surface area contributed by atoms with E-state index in [4.69, 9.17) is 4.74 Å². The Bertz CT molecular complexity index is 409. The van der Waals surface area contributed by atoms with E-state index in [1.54, 1.807) is 0 Å². The Morgan fingerprint density at radius 2 is 1.90 bits per heavy atom. The van der Waals surface area contributed by atoms with Gasteiger partial charge >= 0.3 is 0 Å². The highest BCUT2D eigenvalue weighted by molar-refractivity contribution is 5.85. The number of hydrogen-bond donors (Lipinski definition) is 2. The number of nitrogens with zero attached hydrogens (tertiary/aromatic N) is 1. The molecule has 2 rings (SSSR count). The molecule has 0 spiro atoms. The smallest absolute Gasteiger partial charge is 0.124 e. The SMILES string of the molecule is CC(C)Oc1ccccc1[C@@H](CCO)N1CCNCC1.Cl. The topological polar surface area (TPSA) is 44.7 Å². The first kappa shape index (κ1) is 18.2. The van der Waals surface area contributed by atoms with E-state index in [-0.39, 0.29) is 31.2 Å². The summed E-state index contributed by atoms with van der Waals surface area (Å²) in [6.07, 6.45) is 0.910. The summed E-state index contributed by atoms with van der Waals surface area (Å²) in [6.45, 7) is 8.33. The molecular formula is C16H27ClN2O2. The first-order valence-corrected chi connectivity index (χ1v) is 7.53. The number of halogens is 1. The Kier molecular flexibility index (Phi) is 8.04. The lowest BCUT2D eigenvalue weighted by Gasteiger charge is -2.35. The summed E-state index contributed by atoms with van der Waals surface area (Å²) in [6, 6.07) is 8.45. The average Bonchev–Trinajstić information content (AvgIpc) is 2.46. The van der Waals surface area contributed by atoms with Crippen molar-refractivity contribution in [3.8, 4) is 5.75 Å². The van der Waals surface area contributed by atoms with Crippen LogP contribution in [0.3, 0.4) is 0 Å². The third kappa shape index (κ3) is 5.15. The molecule has 0 unspecified atom stereocenters. The Labute approximate surface area is 133 Å². The van der Waals surface area contributed by atoms with Gasteiger partial charge in [-0.25, -0.2) is 0 Å². The summed E-state index contributed by atoms with van der Waals surface area (Å²) in [7, 11) is 0. The molecule has 0 aliphatic carbocycles. The van der Waals surface area contributed by atoms with E-state index in [0.717, 1.165) is 38.3 Å². The van der Waals surface area contributed by atoms with Crippen LogP contribution < -0.4 is 10.1 Å². The van der Waals surface area contributed by atoms with Gasteiger partial charge in [-0.3, -0.25) is 4.90 Å². The molecule has 1 aliphatic heterocycles. The van der Waals surface area contributed by atoms with Crippen LogP contribution in [-0.4, -0.2) is 48.9 Å². The van der Waals surface area contributed by atoms with Gasteiger partial charge in [0.05, 0.1) is 6.10 Å². The number of hydrogen-bond acceptors (Lipinski definition) is 4. The van der Waals surface area contributed by atoms with E-state index >= 15 is 0 Å². The second-order valence-corrected chi connectivity index (χ2v) is 5.52. The zero-order valence-corrected chi connectivity index (χ0v) is 13.7. The van der Waals surface area contributed by atoms with Gasteiger partial charge in [-0.1, -0.05) is 18.2 Å². The maximum Gasteiger partial charge on any atom is 0.124 e. The second kappa shape index (κ2) is 9.26. The molecule has 1 saturated heterocycles. The molecule has 0 radical (unpaired) electrons. The highest BCUT2D eigenvalue weighted by Crippen LogP contribution is 2.32. The third-order valence-electron chi connectivity index (χ3n) is 3.64. The predicted octanol–water partition coefficient (Wildman–Crippen LogP) is 2.22. The van der Waals surface area contributed by atoms with E-state index < -0.39 is 0 Å². The molecule has 0 bridgehead atoms. The molecule has 120 valence electrons. The first-order chi connectivity index (χ1) is 9.72. The largest absolute Gasteiger partial charge is 0.491 e. The lowest BCUT2D eigenvalue weighted by atomic mass is 10.0. The van der Waals surface area contributed by atoms with E-state index in [9.17, 15) is 5.11 Å². The van der Waals surface area contributed by atoms with Crippen LogP contribution in [0.1, 0.15) is 31.9 Å². The summed E-state index contributed by atoms with van der Waals surface area (Å²) < 4.78 is 5.94. The van der Waals surface area contributed by atoms with E-state index in [1.807, 2.05) is 26.0 Å². The zero-order chi connectivity index (χ0) is 14.4. The van der Waals surface area contributed by atoms with Gasteiger partial charge in [-0.15, -0.1) is 12.4 Å². The standard InChI is InChI=1S/C16H26N2O2.ClH/c1-13(2)20-16-6-4-3-5-14(16)15(7-12-19)18-10-8-17-9-11-18;/h3-6,13,15,17,19H,7-12H2,1-2H3;1H/t15-;/m1./s1. The van der Waals surface area contributed by atoms with Crippen molar-refractivity contribution in [2.24, 2.45) is 0 Å². The predicted molar refractivity (Wildman–Crippen MR) is 88.3 cm³/mol. The van der Waals surface area contributed by atoms with Gasteiger partial charge in [0, 0.05) is 44.4 Å². The number of benzene rings is 1. The molecule has 1 aromatic carbocycles. The fourth-order valence-electron chi connectivity index (χ4n) is 2.77. The molecule has 1 aromatic rings. The Morgan fingerprint density at radius 1 is 1.24 bits per heavy atom. The van der Waals surface area contributed by atoms with Crippen molar-refractivity contribution < 1.29 is 9.84 Å². The maximum atomic E-state index is 9.42. The average molecular weight is 315 g/mol. The van der Waals surface area contributed by atoms with Crippen molar-refractivity contribution in [2.75, 3.05) is 32.8 Å². The summed E-state index contributed by atoms with van der Waals surface area (Å²) in [4.78, 5) is 2.44. The van der Waals surface area contributed by atoms with Gasteiger partial charge in [0.25, 0.3) is 0 Å². The fraction of sp³-hybridized carbons (Fsp3) is 0.625. The van der Waals surface area contributed by atoms with Crippen LogP contribution in [0.2, 0.25) is 0 Å². The third-order valence-corrected chi connectivity index (χ3v) is 3.64. The minimum absolute atomic E-state index is 0. The van der Waals surface area contributed by atoms with Gasteiger partial charge in [0.15, 0.2) is 0 Å². The van der Waals surface area contributed by atoms with E-state index in [2.05, 4.69) is 22.3 Å². The Balaban J connectivity index is 0.00000220. The molecule has 0 amide bonds. The molecule has 1 heterocycles. The van der Waals surface area contributed by atoms with Gasteiger partial charge < -0.3 is 15.2 Å². The molecule has 1 fully saturated rings. The number of para-hydroxylation sites is 1. The number of ether oxygens (including phenoxy) is 1. The summed E-state index contributed by atoms with van der Waals surface area (Å²) in [5.41, 5.74) is 1.19. The van der Waals surface area contributed by atoms with Crippen molar-refractivity contribution in [3.05, 3.63) is 29.8 Å². The number of piperazine rings is 1. The summed E-state index contributed by atoms with van der Waals surface area (Å²) in [5, 5.41) is 12.8. The van der Waals surface area contributed by atoms with Crippen molar-refractivity contribution in [1.82, 2.24) is 10.2 Å². The van der Waals surface area contributed by atoms with Crippen LogP contribution in [0.25, 0.3) is 0 Å². The fourth-order valence-corrected chi connectivity index (χ4v) is 2.77.